The summed E-state index contributed by atoms with van der Waals surface area (Å²) in [6.07, 6.45) is 1.02. The largest absolute Gasteiger partial charge is 0.341 e. The number of thioether (sulfide) groups is 1. The van der Waals surface area contributed by atoms with Gasteiger partial charge in [-0.05, 0) is 30.5 Å². The van der Waals surface area contributed by atoms with Gasteiger partial charge in [0.05, 0.1) is 5.75 Å². The summed E-state index contributed by atoms with van der Waals surface area (Å²) in [5.74, 6) is 0.742. The Morgan fingerprint density at radius 3 is 2.68 bits per heavy atom. The third-order valence-corrected chi connectivity index (χ3v) is 4.51. The fourth-order valence-electron chi connectivity index (χ4n) is 2.16. The predicted molar refractivity (Wildman–Crippen MR) is 82.8 cm³/mol. The summed E-state index contributed by atoms with van der Waals surface area (Å²) in [5.41, 5.74) is 5.87. The molecule has 2 rings (SSSR count). The molecular formula is C14H21ClN2OS. The van der Waals surface area contributed by atoms with Crippen molar-refractivity contribution in [3.8, 4) is 0 Å². The second kappa shape index (κ2) is 7.17. The topological polar surface area (TPSA) is 46.3 Å². The van der Waals surface area contributed by atoms with Crippen LogP contribution in [0.1, 0.15) is 13.3 Å². The first-order valence-electron chi connectivity index (χ1n) is 6.29. The molecule has 0 radical (unpaired) electrons. The summed E-state index contributed by atoms with van der Waals surface area (Å²) in [7, 11) is 0. The summed E-state index contributed by atoms with van der Waals surface area (Å²) in [5, 5.41) is 0. The fraction of sp³-hybridized carbons (Fsp3) is 0.500. The lowest BCUT2D eigenvalue weighted by atomic mass is 9.90. The molecule has 106 valence electrons. The number of nitrogens with zero attached hydrogens (tertiary/aromatic N) is 1. The van der Waals surface area contributed by atoms with Crippen molar-refractivity contribution in [3.05, 3.63) is 30.3 Å². The van der Waals surface area contributed by atoms with E-state index in [2.05, 4.69) is 6.92 Å². The number of hydrogen-bond donors (Lipinski definition) is 1. The molecule has 1 unspecified atom stereocenters. The lowest BCUT2D eigenvalue weighted by Crippen LogP contribution is -2.35. The van der Waals surface area contributed by atoms with Gasteiger partial charge in [-0.3, -0.25) is 4.79 Å². The molecule has 1 aliphatic rings. The minimum atomic E-state index is 0. The van der Waals surface area contributed by atoms with E-state index in [1.807, 2.05) is 35.2 Å². The Morgan fingerprint density at radius 2 is 2.11 bits per heavy atom. The maximum absolute atomic E-state index is 12.1. The van der Waals surface area contributed by atoms with Crippen LogP contribution in [0.3, 0.4) is 0 Å². The molecule has 1 aromatic rings. The second-order valence-electron chi connectivity index (χ2n) is 5.18. The number of halogens is 1. The molecule has 1 heterocycles. The van der Waals surface area contributed by atoms with Gasteiger partial charge in [-0.15, -0.1) is 24.2 Å². The number of amides is 1. The van der Waals surface area contributed by atoms with Crippen LogP contribution in [0.15, 0.2) is 35.2 Å². The van der Waals surface area contributed by atoms with E-state index in [1.54, 1.807) is 11.8 Å². The molecule has 1 atom stereocenters. The van der Waals surface area contributed by atoms with Gasteiger partial charge < -0.3 is 10.6 Å². The molecule has 1 saturated heterocycles. The highest BCUT2D eigenvalue weighted by atomic mass is 35.5. The molecule has 5 heteroatoms. The van der Waals surface area contributed by atoms with Crippen LogP contribution in [0.2, 0.25) is 0 Å². The van der Waals surface area contributed by atoms with Gasteiger partial charge in [0.25, 0.3) is 0 Å². The van der Waals surface area contributed by atoms with Crippen LogP contribution in [0, 0.1) is 5.41 Å². The summed E-state index contributed by atoms with van der Waals surface area (Å²) < 4.78 is 0. The van der Waals surface area contributed by atoms with Crippen molar-refractivity contribution in [2.45, 2.75) is 18.2 Å². The van der Waals surface area contributed by atoms with Gasteiger partial charge >= 0.3 is 0 Å². The number of carbonyl (C=O) groups excluding carboxylic acids is 1. The number of benzene rings is 1. The van der Waals surface area contributed by atoms with E-state index in [-0.39, 0.29) is 23.7 Å². The Hall–Kier alpha value is -0.710. The summed E-state index contributed by atoms with van der Waals surface area (Å²) in [6, 6.07) is 10.0. The Kier molecular flexibility index (Phi) is 6.17. The molecule has 1 amide bonds. The Bertz CT molecular complexity index is 415. The summed E-state index contributed by atoms with van der Waals surface area (Å²) in [6.45, 7) is 4.47. The van der Waals surface area contributed by atoms with E-state index in [0.717, 1.165) is 24.4 Å². The van der Waals surface area contributed by atoms with Gasteiger partial charge in [0, 0.05) is 18.0 Å². The third-order valence-electron chi connectivity index (χ3n) is 3.51. The molecule has 0 saturated carbocycles. The zero-order chi connectivity index (χ0) is 13.0. The molecule has 1 aromatic carbocycles. The molecule has 1 fully saturated rings. The number of likely N-dealkylation sites (tertiary alicyclic amines) is 1. The van der Waals surface area contributed by atoms with E-state index >= 15 is 0 Å². The lowest BCUT2D eigenvalue weighted by molar-refractivity contribution is -0.127. The average Bonchev–Trinajstić information content (AvgIpc) is 2.81. The van der Waals surface area contributed by atoms with Crippen LogP contribution in [0.25, 0.3) is 0 Å². The van der Waals surface area contributed by atoms with Crippen LogP contribution < -0.4 is 5.73 Å². The maximum atomic E-state index is 12.1. The van der Waals surface area contributed by atoms with E-state index in [0.29, 0.717) is 12.3 Å². The first-order valence-corrected chi connectivity index (χ1v) is 7.27. The van der Waals surface area contributed by atoms with E-state index in [9.17, 15) is 4.79 Å². The fourth-order valence-corrected chi connectivity index (χ4v) is 2.98. The Balaban J connectivity index is 0.00000180. The van der Waals surface area contributed by atoms with Crippen molar-refractivity contribution in [1.29, 1.82) is 0 Å². The van der Waals surface area contributed by atoms with Gasteiger partial charge in [-0.25, -0.2) is 0 Å². The Labute approximate surface area is 125 Å². The zero-order valence-corrected chi connectivity index (χ0v) is 12.8. The van der Waals surface area contributed by atoms with E-state index in [4.69, 9.17) is 5.73 Å². The van der Waals surface area contributed by atoms with Gasteiger partial charge in [0.1, 0.15) is 0 Å². The van der Waals surface area contributed by atoms with Crippen molar-refractivity contribution in [3.63, 3.8) is 0 Å². The maximum Gasteiger partial charge on any atom is 0.232 e. The van der Waals surface area contributed by atoms with Gasteiger partial charge in [0.2, 0.25) is 5.91 Å². The van der Waals surface area contributed by atoms with Crippen LogP contribution in [-0.4, -0.2) is 36.2 Å². The molecule has 0 aromatic heterocycles. The van der Waals surface area contributed by atoms with Crippen LogP contribution in [0.5, 0.6) is 0 Å². The van der Waals surface area contributed by atoms with Crippen molar-refractivity contribution >= 4 is 30.1 Å². The quantitative estimate of drug-likeness (QED) is 0.869. The van der Waals surface area contributed by atoms with Crippen molar-refractivity contribution in [2.24, 2.45) is 11.1 Å². The highest BCUT2D eigenvalue weighted by Gasteiger charge is 2.34. The number of carbonyl (C=O) groups is 1. The van der Waals surface area contributed by atoms with Crippen molar-refractivity contribution < 1.29 is 4.79 Å². The first kappa shape index (κ1) is 16.3. The standard InChI is InChI=1S/C14H20N2OS.ClH/c1-14(10-15)7-8-16(11-14)13(17)9-18-12-5-3-2-4-6-12;/h2-6H,7-11,15H2,1H3;1H. The minimum Gasteiger partial charge on any atom is -0.341 e. The molecule has 0 spiro atoms. The smallest absolute Gasteiger partial charge is 0.232 e. The first-order chi connectivity index (χ1) is 8.63. The monoisotopic (exact) mass is 300 g/mol. The summed E-state index contributed by atoms with van der Waals surface area (Å²) >= 11 is 1.60. The molecule has 2 N–H and O–H groups in total. The normalized spacial score (nSPS) is 22.1. The molecule has 0 aliphatic carbocycles. The third kappa shape index (κ3) is 4.41. The summed E-state index contributed by atoms with van der Waals surface area (Å²) in [4.78, 5) is 15.2. The lowest BCUT2D eigenvalue weighted by Gasteiger charge is -2.22. The Morgan fingerprint density at radius 1 is 1.42 bits per heavy atom. The molecule has 19 heavy (non-hydrogen) atoms. The van der Waals surface area contributed by atoms with E-state index in [1.165, 1.54) is 0 Å². The second-order valence-corrected chi connectivity index (χ2v) is 6.23. The average molecular weight is 301 g/mol. The van der Waals surface area contributed by atoms with Gasteiger partial charge in [-0.1, -0.05) is 25.1 Å². The molecular weight excluding hydrogens is 280 g/mol. The van der Waals surface area contributed by atoms with Crippen LogP contribution in [0.4, 0.5) is 0 Å². The highest BCUT2D eigenvalue weighted by Crippen LogP contribution is 2.29. The number of rotatable bonds is 4. The van der Waals surface area contributed by atoms with E-state index < -0.39 is 0 Å². The number of nitrogens with two attached hydrogens (primary N) is 1. The van der Waals surface area contributed by atoms with Crippen LogP contribution in [-0.2, 0) is 4.79 Å². The SMILES string of the molecule is CC1(CN)CCN(C(=O)CSc2ccccc2)C1.Cl. The minimum absolute atomic E-state index is 0. The van der Waals surface area contributed by atoms with Gasteiger partial charge in [-0.2, -0.15) is 0 Å². The van der Waals surface area contributed by atoms with Gasteiger partial charge in [0.15, 0.2) is 0 Å². The molecule has 3 nitrogen and oxygen atoms in total. The molecule has 0 bridgehead atoms. The highest BCUT2D eigenvalue weighted by molar-refractivity contribution is 8.00. The van der Waals surface area contributed by atoms with Crippen molar-refractivity contribution in [1.82, 2.24) is 4.90 Å². The molecule has 1 aliphatic heterocycles. The zero-order valence-electron chi connectivity index (χ0n) is 11.2. The van der Waals surface area contributed by atoms with Crippen molar-refractivity contribution in [2.75, 3.05) is 25.4 Å². The van der Waals surface area contributed by atoms with Crippen LogP contribution >= 0.6 is 24.2 Å². The number of hydrogen-bond acceptors (Lipinski definition) is 3. The predicted octanol–water partition coefficient (Wildman–Crippen LogP) is 2.40.